The largest absolute Gasteiger partial charge is 0.478 e. The van der Waals surface area contributed by atoms with Crippen LogP contribution in [0.5, 0.6) is 0 Å². The summed E-state index contributed by atoms with van der Waals surface area (Å²) in [5.41, 5.74) is 2.10. The summed E-state index contributed by atoms with van der Waals surface area (Å²) in [5, 5.41) is 16.3. The van der Waals surface area contributed by atoms with Crippen LogP contribution in [-0.2, 0) is 6.54 Å². The Balaban J connectivity index is 1.72. The van der Waals surface area contributed by atoms with E-state index in [-0.39, 0.29) is 5.56 Å². The SMILES string of the molecule is O=C(O)c1ccnc(Nc2cnn(Cc3ccccc3)c2)c1. The molecule has 6 nitrogen and oxygen atoms in total. The summed E-state index contributed by atoms with van der Waals surface area (Å²) in [6.45, 7) is 0.672. The minimum absolute atomic E-state index is 0.189. The molecule has 22 heavy (non-hydrogen) atoms. The number of hydrogen-bond donors (Lipinski definition) is 2. The molecule has 0 unspecified atom stereocenters. The maximum atomic E-state index is 10.9. The van der Waals surface area contributed by atoms with E-state index >= 15 is 0 Å². The second kappa shape index (κ2) is 6.09. The smallest absolute Gasteiger partial charge is 0.335 e. The summed E-state index contributed by atoms with van der Waals surface area (Å²) in [5.74, 6) is -0.510. The number of aromatic carboxylic acids is 1. The van der Waals surface area contributed by atoms with Gasteiger partial charge >= 0.3 is 5.97 Å². The molecule has 0 aliphatic heterocycles. The first-order valence-corrected chi connectivity index (χ1v) is 6.73. The van der Waals surface area contributed by atoms with Crippen LogP contribution in [0.15, 0.2) is 61.1 Å². The molecule has 0 radical (unpaired) electrons. The highest BCUT2D eigenvalue weighted by Gasteiger charge is 2.05. The van der Waals surface area contributed by atoms with Gasteiger partial charge in [0.1, 0.15) is 5.82 Å². The fourth-order valence-corrected chi connectivity index (χ4v) is 2.06. The van der Waals surface area contributed by atoms with Crippen LogP contribution in [0.3, 0.4) is 0 Å². The van der Waals surface area contributed by atoms with Gasteiger partial charge in [-0.05, 0) is 17.7 Å². The number of carboxylic acids is 1. The number of rotatable bonds is 5. The maximum Gasteiger partial charge on any atom is 0.335 e. The lowest BCUT2D eigenvalue weighted by molar-refractivity contribution is 0.0697. The third-order valence-electron chi connectivity index (χ3n) is 3.10. The van der Waals surface area contributed by atoms with Crippen LogP contribution in [0.4, 0.5) is 11.5 Å². The van der Waals surface area contributed by atoms with Gasteiger partial charge in [-0.2, -0.15) is 5.10 Å². The summed E-state index contributed by atoms with van der Waals surface area (Å²) in [7, 11) is 0. The number of anilines is 2. The Hall–Kier alpha value is -3.15. The van der Waals surface area contributed by atoms with Gasteiger partial charge in [-0.25, -0.2) is 9.78 Å². The summed E-state index contributed by atoms with van der Waals surface area (Å²) in [6, 6.07) is 12.9. The van der Waals surface area contributed by atoms with E-state index in [1.807, 2.05) is 36.5 Å². The molecule has 2 N–H and O–H groups in total. The van der Waals surface area contributed by atoms with E-state index in [0.717, 1.165) is 11.3 Å². The first-order chi connectivity index (χ1) is 10.7. The first-order valence-electron chi connectivity index (χ1n) is 6.73. The number of hydrogen-bond acceptors (Lipinski definition) is 4. The van der Waals surface area contributed by atoms with Crippen LogP contribution in [0.2, 0.25) is 0 Å². The Morgan fingerprint density at radius 3 is 2.82 bits per heavy atom. The van der Waals surface area contributed by atoms with Crippen LogP contribution in [-0.4, -0.2) is 25.8 Å². The third-order valence-corrected chi connectivity index (χ3v) is 3.10. The van der Waals surface area contributed by atoms with Gasteiger partial charge in [-0.1, -0.05) is 30.3 Å². The van der Waals surface area contributed by atoms with Crippen LogP contribution >= 0.6 is 0 Å². The van der Waals surface area contributed by atoms with E-state index in [9.17, 15) is 4.79 Å². The van der Waals surface area contributed by atoms with E-state index in [1.165, 1.54) is 18.3 Å². The Bertz CT molecular complexity index is 784. The van der Waals surface area contributed by atoms with Gasteiger partial charge in [0.25, 0.3) is 0 Å². The Morgan fingerprint density at radius 2 is 2.05 bits per heavy atom. The minimum atomic E-state index is -0.981. The molecular weight excluding hydrogens is 280 g/mol. The second-order valence-electron chi connectivity index (χ2n) is 4.77. The molecule has 0 amide bonds. The molecule has 0 spiro atoms. The van der Waals surface area contributed by atoms with Gasteiger partial charge in [-0.3, -0.25) is 4.68 Å². The molecule has 0 saturated heterocycles. The molecule has 1 aromatic carbocycles. The second-order valence-corrected chi connectivity index (χ2v) is 4.77. The fourth-order valence-electron chi connectivity index (χ4n) is 2.06. The monoisotopic (exact) mass is 294 g/mol. The van der Waals surface area contributed by atoms with Crippen molar-refractivity contribution in [2.24, 2.45) is 0 Å². The molecule has 6 heteroatoms. The summed E-state index contributed by atoms with van der Waals surface area (Å²) in [6.07, 6.45) is 4.99. The van der Waals surface area contributed by atoms with E-state index in [1.54, 1.807) is 10.9 Å². The zero-order valence-electron chi connectivity index (χ0n) is 11.7. The van der Waals surface area contributed by atoms with Crippen molar-refractivity contribution in [1.29, 1.82) is 0 Å². The molecule has 110 valence electrons. The molecule has 2 aromatic heterocycles. The lowest BCUT2D eigenvalue weighted by Gasteiger charge is -2.03. The summed E-state index contributed by atoms with van der Waals surface area (Å²) < 4.78 is 1.80. The van der Waals surface area contributed by atoms with Crippen LogP contribution in [0.25, 0.3) is 0 Å². The molecular formula is C16H14N4O2. The van der Waals surface area contributed by atoms with E-state index in [4.69, 9.17) is 5.11 Å². The van der Waals surface area contributed by atoms with Gasteiger partial charge in [-0.15, -0.1) is 0 Å². The fraction of sp³-hybridized carbons (Fsp3) is 0.0625. The van der Waals surface area contributed by atoms with E-state index < -0.39 is 5.97 Å². The van der Waals surface area contributed by atoms with Crippen molar-refractivity contribution in [3.8, 4) is 0 Å². The van der Waals surface area contributed by atoms with Gasteiger partial charge in [0.2, 0.25) is 0 Å². The van der Waals surface area contributed by atoms with E-state index in [0.29, 0.717) is 12.4 Å². The number of nitrogens with one attached hydrogen (secondary N) is 1. The van der Waals surface area contributed by atoms with Crippen LogP contribution in [0.1, 0.15) is 15.9 Å². The Labute approximate surface area is 127 Å². The Kier molecular flexibility index (Phi) is 3.82. The lowest BCUT2D eigenvalue weighted by atomic mass is 10.2. The normalized spacial score (nSPS) is 10.4. The van der Waals surface area contributed by atoms with Crippen molar-refractivity contribution in [1.82, 2.24) is 14.8 Å². The number of benzene rings is 1. The van der Waals surface area contributed by atoms with Crippen molar-refractivity contribution < 1.29 is 9.90 Å². The Morgan fingerprint density at radius 1 is 1.23 bits per heavy atom. The summed E-state index contributed by atoms with van der Waals surface area (Å²) >= 11 is 0. The van der Waals surface area contributed by atoms with Crippen LogP contribution < -0.4 is 5.32 Å². The molecule has 3 rings (SSSR count). The number of carbonyl (C=O) groups is 1. The zero-order chi connectivity index (χ0) is 15.4. The number of aromatic nitrogens is 3. The molecule has 0 aliphatic rings. The highest BCUT2D eigenvalue weighted by Crippen LogP contribution is 2.15. The standard InChI is InChI=1S/C16H14N4O2/c21-16(22)13-6-7-17-15(8-13)19-14-9-18-20(11-14)10-12-4-2-1-3-5-12/h1-9,11H,10H2,(H,17,19)(H,21,22). The highest BCUT2D eigenvalue weighted by molar-refractivity contribution is 5.88. The third kappa shape index (κ3) is 3.29. The minimum Gasteiger partial charge on any atom is -0.478 e. The average Bonchev–Trinajstić information content (AvgIpc) is 2.95. The predicted molar refractivity (Wildman–Crippen MR) is 82.3 cm³/mol. The first kappa shape index (κ1) is 13.8. The molecule has 0 fully saturated rings. The van der Waals surface area contributed by atoms with Gasteiger partial charge in [0.15, 0.2) is 0 Å². The van der Waals surface area contributed by atoms with Crippen molar-refractivity contribution in [2.75, 3.05) is 5.32 Å². The topological polar surface area (TPSA) is 80.0 Å². The number of pyridine rings is 1. The quantitative estimate of drug-likeness (QED) is 0.756. The molecule has 0 bridgehead atoms. The number of nitrogens with zero attached hydrogens (tertiary/aromatic N) is 3. The molecule has 0 atom stereocenters. The van der Waals surface area contributed by atoms with Crippen molar-refractivity contribution >= 4 is 17.5 Å². The molecule has 0 saturated carbocycles. The van der Waals surface area contributed by atoms with E-state index in [2.05, 4.69) is 15.4 Å². The molecule has 3 aromatic rings. The highest BCUT2D eigenvalue weighted by atomic mass is 16.4. The zero-order valence-corrected chi connectivity index (χ0v) is 11.7. The predicted octanol–water partition coefficient (Wildman–Crippen LogP) is 2.77. The molecule has 0 aliphatic carbocycles. The van der Waals surface area contributed by atoms with Crippen molar-refractivity contribution in [3.05, 3.63) is 72.2 Å². The number of carboxylic acid groups (broad SMARTS) is 1. The summed E-state index contributed by atoms with van der Waals surface area (Å²) in [4.78, 5) is 15.0. The van der Waals surface area contributed by atoms with Gasteiger partial charge < -0.3 is 10.4 Å². The van der Waals surface area contributed by atoms with Gasteiger partial charge in [0, 0.05) is 12.4 Å². The maximum absolute atomic E-state index is 10.9. The lowest BCUT2D eigenvalue weighted by Crippen LogP contribution is -2.00. The average molecular weight is 294 g/mol. The molecule has 2 heterocycles. The van der Waals surface area contributed by atoms with Crippen molar-refractivity contribution in [3.63, 3.8) is 0 Å². The van der Waals surface area contributed by atoms with Gasteiger partial charge in [0.05, 0.1) is 24.0 Å². The van der Waals surface area contributed by atoms with Crippen molar-refractivity contribution in [2.45, 2.75) is 6.54 Å². The van der Waals surface area contributed by atoms with Crippen LogP contribution in [0, 0.1) is 0 Å².